The zero-order valence-corrected chi connectivity index (χ0v) is 22.0. The summed E-state index contributed by atoms with van der Waals surface area (Å²) in [4.78, 5) is 0. The Hall–Kier alpha value is -3.16. The number of allylic oxidation sites excluding steroid dienone is 1. The van der Waals surface area contributed by atoms with E-state index in [0.29, 0.717) is 33.0 Å². The van der Waals surface area contributed by atoms with Gasteiger partial charge in [0, 0.05) is 19.6 Å². The number of nitrogens with one attached hydrogen (secondary N) is 2. The summed E-state index contributed by atoms with van der Waals surface area (Å²) in [6.07, 6.45) is 0.886. The summed E-state index contributed by atoms with van der Waals surface area (Å²) in [5, 5.41) is 16.2. The maximum absolute atomic E-state index is 9.82. The summed E-state index contributed by atoms with van der Waals surface area (Å²) in [6.45, 7) is 7.72. The van der Waals surface area contributed by atoms with Gasteiger partial charge in [-0.15, -0.1) is 0 Å². The standard InChI is InChI=1S/C31H40N2O4/c1-3-30(25-7-5-4-6-8-25)31(26-9-13-28(34)14-10-26)27-11-15-29(16-12-27)37-22-19-33-18-21-36-24-23-35-20-17-32-2/h4-16,32-34H,3,17-24H2,1-2H3/b31-30-. The Bertz CT molecular complexity index is 1050. The molecule has 0 fully saturated rings. The van der Waals surface area contributed by atoms with Gasteiger partial charge < -0.3 is 30.0 Å². The SMILES string of the molecule is CC/C(=C(\c1ccc(O)cc1)c1ccc(OCCNCCOCCOCCNC)cc1)c1ccccc1. The molecule has 0 saturated heterocycles. The number of hydrogen-bond donors (Lipinski definition) is 3. The fraction of sp³-hybridized carbons (Fsp3) is 0.355. The predicted octanol–water partition coefficient (Wildman–Crippen LogP) is 4.98. The third kappa shape index (κ3) is 9.67. The van der Waals surface area contributed by atoms with E-state index in [1.165, 1.54) is 11.1 Å². The molecular weight excluding hydrogens is 464 g/mol. The number of phenols is 1. The van der Waals surface area contributed by atoms with E-state index in [2.05, 4.69) is 54.0 Å². The van der Waals surface area contributed by atoms with Gasteiger partial charge in [-0.3, -0.25) is 0 Å². The minimum Gasteiger partial charge on any atom is -0.508 e. The first kappa shape index (κ1) is 28.4. The molecule has 0 aliphatic rings. The van der Waals surface area contributed by atoms with Gasteiger partial charge in [0.15, 0.2) is 0 Å². The number of phenolic OH excluding ortho intramolecular Hbond substituents is 1. The van der Waals surface area contributed by atoms with Crippen LogP contribution in [0.5, 0.6) is 11.5 Å². The highest BCUT2D eigenvalue weighted by molar-refractivity contribution is 5.98. The molecule has 3 rings (SSSR count). The van der Waals surface area contributed by atoms with Crippen molar-refractivity contribution < 1.29 is 19.3 Å². The summed E-state index contributed by atoms with van der Waals surface area (Å²) in [7, 11) is 1.91. The number of rotatable bonds is 17. The second kappa shape index (κ2) is 16.6. The van der Waals surface area contributed by atoms with Crippen LogP contribution in [-0.4, -0.2) is 64.8 Å². The highest BCUT2D eigenvalue weighted by Crippen LogP contribution is 2.35. The van der Waals surface area contributed by atoms with Crippen molar-refractivity contribution in [2.75, 3.05) is 59.7 Å². The van der Waals surface area contributed by atoms with Crippen LogP contribution in [-0.2, 0) is 9.47 Å². The van der Waals surface area contributed by atoms with Crippen molar-refractivity contribution in [1.82, 2.24) is 10.6 Å². The van der Waals surface area contributed by atoms with Crippen LogP contribution in [0.1, 0.15) is 30.0 Å². The molecule has 0 amide bonds. The minimum absolute atomic E-state index is 0.263. The van der Waals surface area contributed by atoms with Gasteiger partial charge in [-0.05, 0) is 65.6 Å². The number of ether oxygens (including phenoxy) is 3. The Morgan fingerprint density at radius 1 is 0.676 bits per heavy atom. The number of likely N-dealkylation sites (N-methyl/N-ethyl adjacent to an activating group) is 1. The lowest BCUT2D eigenvalue weighted by Crippen LogP contribution is -2.25. The van der Waals surface area contributed by atoms with E-state index in [0.717, 1.165) is 48.5 Å². The molecule has 0 spiro atoms. The molecular formula is C31H40N2O4. The van der Waals surface area contributed by atoms with E-state index < -0.39 is 0 Å². The molecule has 0 aromatic heterocycles. The first-order valence-electron chi connectivity index (χ1n) is 13.0. The molecule has 198 valence electrons. The van der Waals surface area contributed by atoms with Crippen LogP contribution in [0.2, 0.25) is 0 Å². The van der Waals surface area contributed by atoms with Crippen LogP contribution in [0.25, 0.3) is 11.1 Å². The lowest BCUT2D eigenvalue weighted by atomic mass is 9.88. The van der Waals surface area contributed by atoms with Crippen LogP contribution < -0.4 is 15.4 Å². The zero-order valence-electron chi connectivity index (χ0n) is 22.0. The molecule has 6 nitrogen and oxygen atoms in total. The van der Waals surface area contributed by atoms with Gasteiger partial charge in [0.25, 0.3) is 0 Å². The highest BCUT2D eigenvalue weighted by Gasteiger charge is 2.13. The third-order valence-electron chi connectivity index (χ3n) is 5.92. The van der Waals surface area contributed by atoms with Gasteiger partial charge in [0.1, 0.15) is 18.1 Å². The van der Waals surface area contributed by atoms with Gasteiger partial charge in [0.2, 0.25) is 0 Å². The molecule has 3 N–H and O–H groups in total. The Kier molecular flexibility index (Phi) is 12.7. The smallest absolute Gasteiger partial charge is 0.119 e. The molecule has 0 saturated carbocycles. The Morgan fingerprint density at radius 2 is 1.27 bits per heavy atom. The normalized spacial score (nSPS) is 11.8. The van der Waals surface area contributed by atoms with Crippen LogP contribution in [0.15, 0.2) is 78.9 Å². The minimum atomic E-state index is 0.263. The highest BCUT2D eigenvalue weighted by atomic mass is 16.5. The second-order valence-electron chi connectivity index (χ2n) is 8.57. The molecule has 6 heteroatoms. The molecule has 0 radical (unpaired) electrons. The Balaban J connectivity index is 1.54. The summed E-state index contributed by atoms with van der Waals surface area (Å²) in [5.41, 5.74) is 5.81. The predicted molar refractivity (Wildman–Crippen MR) is 151 cm³/mol. The van der Waals surface area contributed by atoms with E-state index in [-0.39, 0.29) is 5.75 Å². The summed E-state index contributed by atoms with van der Waals surface area (Å²) in [6, 6.07) is 26.1. The largest absolute Gasteiger partial charge is 0.508 e. The van der Waals surface area contributed by atoms with Crippen LogP contribution >= 0.6 is 0 Å². The fourth-order valence-electron chi connectivity index (χ4n) is 4.03. The first-order chi connectivity index (χ1) is 18.2. The quantitative estimate of drug-likeness (QED) is 0.178. The molecule has 0 bridgehead atoms. The van der Waals surface area contributed by atoms with Crippen molar-refractivity contribution in [3.63, 3.8) is 0 Å². The first-order valence-corrected chi connectivity index (χ1v) is 13.0. The molecule has 0 heterocycles. The van der Waals surface area contributed by atoms with Gasteiger partial charge in [-0.25, -0.2) is 0 Å². The fourth-order valence-corrected chi connectivity index (χ4v) is 4.03. The van der Waals surface area contributed by atoms with Gasteiger partial charge in [0.05, 0.1) is 26.4 Å². The number of benzene rings is 3. The average Bonchev–Trinajstić information content (AvgIpc) is 2.94. The van der Waals surface area contributed by atoms with Gasteiger partial charge in [-0.2, -0.15) is 0 Å². The molecule has 3 aromatic carbocycles. The van der Waals surface area contributed by atoms with Gasteiger partial charge in [-0.1, -0.05) is 61.5 Å². The van der Waals surface area contributed by atoms with Crippen molar-refractivity contribution in [1.29, 1.82) is 0 Å². The third-order valence-corrected chi connectivity index (χ3v) is 5.92. The van der Waals surface area contributed by atoms with Crippen molar-refractivity contribution >= 4 is 11.1 Å². The Labute approximate surface area is 221 Å². The van der Waals surface area contributed by atoms with E-state index in [1.807, 2.05) is 37.4 Å². The van der Waals surface area contributed by atoms with Crippen LogP contribution in [0.3, 0.4) is 0 Å². The Morgan fingerprint density at radius 3 is 1.89 bits per heavy atom. The summed E-state index contributed by atoms with van der Waals surface area (Å²) >= 11 is 0. The van der Waals surface area contributed by atoms with E-state index in [4.69, 9.17) is 14.2 Å². The summed E-state index contributed by atoms with van der Waals surface area (Å²) < 4.78 is 16.9. The lowest BCUT2D eigenvalue weighted by Gasteiger charge is -2.17. The topological polar surface area (TPSA) is 72.0 Å². The maximum atomic E-state index is 9.82. The molecule has 0 aliphatic carbocycles. The van der Waals surface area contributed by atoms with Crippen molar-refractivity contribution in [3.05, 3.63) is 95.6 Å². The van der Waals surface area contributed by atoms with E-state index in [1.54, 1.807) is 12.1 Å². The number of hydrogen-bond acceptors (Lipinski definition) is 6. The molecule has 3 aromatic rings. The summed E-state index contributed by atoms with van der Waals surface area (Å²) in [5.74, 6) is 1.10. The van der Waals surface area contributed by atoms with Crippen LogP contribution in [0.4, 0.5) is 0 Å². The van der Waals surface area contributed by atoms with Crippen molar-refractivity contribution in [2.24, 2.45) is 0 Å². The zero-order chi connectivity index (χ0) is 26.1. The van der Waals surface area contributed by atoms with Crippen molar-refractivity contribution in [3.8, 4) is 11.5 Å². The molecule has 0 aliphatic heterocycles. The lowest BCUT2D eigenvalue weighted by molar-refractivity contribution is 0.0502. The monoisotopic (exact) mass is 504 g/mol. The maximum Gasteiger partial charge on any atom is 0.119 e. The van der Waals surface area contributed by atoms with Gasteiger partial charge >= 0.3 is 0 Å². The average molecular weight is 505 g/mol. The van der Waals surface area contributed by atoms with E-state index in [9.17, 15) is 5.11 Å². The van der Waals surface area contributed by atoms with E-state index >= 15 is 0 Å². The second-order valence-corrected chi connectivity index (χ2v) is 8.57. The molecule has 0 atom stereocenters. The van der Waals surface area contributed by atoms with Crippen molar-refractivity contribution in [2.45, 2.75) is 13.3 Å². The number of aromatic hydroxyl groups is 1. The molecule has 0 unspecified atom stereocenters. The molecule has 37 heavy (non-hydrogen) atoms. The van der Waals surface area contributed by atoms with Crippen LogP contribution in [0, 0.1) is 0 Å².